The largest absolute Gasteiger partial charge is 0.465 e. The summed E-state index contributed by atoms with van der Waals surface area (Å²) < 4.78 is 0. The summed E-state index contributed by atoms with van der Waals surface area (Å²) in [6.07, 6.45) is 2.28. The zero-order valence-corrected chi connectivity index (χ0v) is 26.2. The first-order chi connectivity index (χ1) is 20.5. The molecule has 1 aliphatic carbocycles. The number of nitrogens with zero attached hydrogens (tertiary/aromatic N) is 3. The lowest BCUT2D eigenvalue weighted by atomic mass is 9.89. The minimum Gasteiger partial charge on any atom is -0.465 e. The molecular formula is C33H46N6O4. The number of likely N-dealkylation sites (N-methyl/N-ethyl adjacent to an activating group) is 1. The molecule has 0 spiro atoms. The molecule has 0 atom stereocenters. The number of aromatic amines is 1. The van der Waals surface area contributed by atoms with Gasteiger partial charge in [-0.3, -0.25) is 14.5 Å². The number of aromatic nitrogens is 1. The standard InChI is InChI=1S/C33H46N6O4/c1-6-39(27-11-9-26(10-12-27)36-33(42)43)30-20-25(8-7-13-38-16-14-37(5)15-17-38)19-28(24(30)4)31(40)34-21-29-22(2)18-23(3)35-32(29)41/h18-20,26-27,36H,6,9-17,21H2,1-5H3,(H,34,40)(H,35,41)(H,42,43)/t26-,27-. The summed E-state index contributed by atoms with van der Waals surface area (Å²) in [6, 6.07) is 6.05. The molecule has 1 saturated heterocycles. The molecule has 10 heteroatoms. The van der Waals surface area contributed by atoms with E-state index in [1.165, 1.54) is 0 Å². The van der Waals surface area contributed by atoms with E-state index in [4.69, 9.17) is 5.11 Å². The molecule has 1 aromatic carbocycles. The molecule has 2 aliphatic rings. The van der Waals surface area contributed by atoms with Gasteiger partial charge in [-0.05, 0) is 89.8 Å². The van der Waals surface area contributed by atoms with Gasteiger partial charge in [-0.1, -0.05) is 11.8 Å². The molecule has 43 heavy (non-hydrogen) atoms. The summed E-state index contributed by atoms with van der Waals surface area (Å²) in [4.78, 5) is 47.2. The highest BCUT2D eigenvalue weighted by Crippen LogP contribution is 2.32. The van der Waals surface area contributed by atoms with E-state index < -0.39 is 6.09 Å². The molecule has 10 nitrogen and oxygen atoms in total. The van der Waals surface area contributed by atoms with E-state index in [9.17, 15) is 14.4 Å². The van der Waals surface area contributed by atoms with Crippen molar-refractivity contribution in [3.63, 3.8) is 0 Å². The number of amides is 2. The number of carbonyl (C=O) groups is 2. The SMILES string of the molecule is CCN(c1cc(C#CCN2CCN(C)CC2)cc(C(=O)NCc2c(C)cc(C)[nH]c2=O)c1C)[C@H]1CC[C@H](NC(=O)O)CC1. The lowest BCUT2D eigenvalue weighted by molar-refractivity contribution is 0.0950. The second kappa shape index (κ2) is 14.6. The van der Waals surface area contributed by atoms with Crippen LogP contribution in [0.1, 0.15) is 70.9 Å². The van der Waals surface area contributed by atoms with Crippen molar-refractivity contribution >= 4 is 17.7 Å². The normalized spacial score (nSPS) is 19.3. The first-order valence-corrected chi connectivity index (χ1v) is 15.3. The number of hydrogen-bond acceptors (Lipinski definition) is 6. The van der Waals surface area contributed by atoms with Crippen LogP contribution in [-0.2, 0) is 6.54 Å². The summed E-state index contributed by atoms with van der Waals surface area (Å²) in [5.74, 6) is 6.42. The van der Waals surface area contributed by atoms with Crippen molar-refractivity contribution < 1.29 is 14.7 Å². The summed E-state index contributed by atoms with van der Waals surface area (Å²) >= 11 is 0. The lowest BCUT2D eigenvalue weighted by Crippen LogP contribution is -2.44. The van der Waals surface area contributed by atoms with E-state index >= 15 is 0 Å². The molecule has 2 fully saturated rings. The third-order valence-electron chi connectivity index (χ3n) is 8.79. The third-order valence-corrected chi connectivity index (χ3v) is 8.79. The average Bonchev–Trinajstić information content (AvgIpc) is 2.95. The first-order valence-electron chi connectivity index (χ1n) is 15.3. The van der Waals surface area contributed by atoms with Crippen LogP contribution in [0.25, 0.3) is 0 Å². The number of aryl methyl sites for hydroxylation is 2. The van der Waals surface area contributed by atoms with Crippen LogP contribution >= 0.6 is 0 Å². The van der Waals surface area contributed by atoms with E-state index in [1.807, 2.05) is 32.9 Å². The van der Waals surface area contributed by atoms with Gasteiger partial charge in [0.25, 0.3) is 11.5 Å². The second-order valence-electron chi connectivity index (χ2n) is 11.9. The van der Waals surface area contributed by atoms with Gasteiger partial charge in [-0.25, -0.2) is 4.79 Å². The van der Waals surface area contributed by atoms with Crippen molar-refractivity contribution in [3.8, 4) is 11.8 Å². The van der Waals surface area contributed by atoms with Crippen molar-refractivity contribution in [2.24, 2.45) is 0 Å². The van der Waals surface area contributed by atoms with Crippen LogP contribution in [0.15, 0.2) is 23.0 Å². The van der Waals surface area contributed by atoms with Gasteiger partial charge in [0.1, 0.15) is 0 Å². The molecule has 0 unspecified atom stereocenters. The number of hydrogen-bond donors (Lipinski definition) is 4. The van der Waals surface area contributed by atoms with Gasteiger partial charge in [0.2, 0.25) is 0 Å². The van der Waals surface area contributed by atoms with Crippen LogP contribution in [0.4, 0.5) is 10.5 Å². The Morgan fingerprint density at radius 1 is 1.07 bits per heavy atom. The molecule has 1 aromatic heterocycles. The minimum absolute atomic E-state index is 0.0324. The van der Waals surface area contributed by atoms with Crippen LogP contribution in [-0.4, -0.2) is 90.3 Å². The van der Waals surface area contributed by atoms with Gasteiger partial charge >= 0.3 is 6.09 Å². The molecule has 2 heterocycles. The molecule has 2 aromatic rings. The highest BCUT2D eigenvalue weighted by molar-refractivity contribution is 5.97. The lowest BCUT2D eigenvalue weighted by Gasteiger charge is -2.39. The fourth-order valence-corrected chi connectivity index (χ4v) is 6.26. The van der Waals surface area contributed by atoms with E-state index in [1.54, 1.807) is 0 Å². The number of carbonyl (C=O) groups excluding carboxylic acids is 1. The average molecular weight is 591 g/mol. The number of benzene rings is 1. The molecule has 1 aliphatic heterocycles. The Labute approximate surface area is 254 Å². The molecule has 4 rings (SSSR count). The highest BCUT2D eigenvalue weighted by atomic mass is 16.4. The molecule has 0 radical (unpaired) electrons. The van der Waals surface area contributed by atoms with Gasteiger partial charge in [-0.15, -0.1) is 0 Å². The molecule has 0 bridgehead atoms. The Morgan fingerprint density at radius 3 is 2.40 bits per heavy atom. The van der Waals surface area contributed by atoms with Crippen LogP contribution in [0.5, 0.6) is 0 Å². The third kappa shape index (κ3) is 8.39. The van der Waals surface area contributed by atoms with E-state index in [0.29, 0.717) is 17.7 Å². The Morgan fingerprint density at radius 2 is 1.77 bits per heavy atom. The van der Waals surface area contributed by atoms with Gasteiger partial charge in [0.15, 0.2) is 0 Å². The molecule has 4 N–H and O–H groups in total. The summed E-state index contributed by atoms with van der Waals surface area (Å²) in [5.41, 5.74) is 5.14. The smallest absolute Gasteiger partial charge is 0.404 e. The Bertz CT molecular complexity index is 1430. The topological polar surface area (TPSA) is 121 Å². The van der Waals surface area contributed by atoms with Crippen molar-refractivity contribution in [1.82, 2.24) is 25.4 Å². The monoisotopic (exact) mass is 590 g/mol. The Hall–Kier alpha value is -3.81. The van der Waals surface area contributed by atoms with Gasteiger partial charge in [-0.2, -0.15) is 0 Å². The minimum atomic E-state index is -0.979. The number of nitrogens with one attached hydrogen (secondary N) is 3. The number of anilines is 1. The number of H-pyrrole nitrogens is 1. The van der Waals surface area contributed by atoms with E-state index in [2.05, 4.69) is 62.2 Å². The predicted octanol–water partition coefficient (Wildman–Crippen LogP) is 3.23. The van der Waals surface area contributed by atoms with Crippen LogP contribution < -0.4 is 21.1 Å². The molecular weight excluding hydrogens is 544 g/mol. The predicted molar refractivity (Wildman–Crippen MR) is 170 cm³/mol. The fourth-order valence-electron chi connectivity index (χ4n) is 6.26. The Balaban J connectivity index is 1.60. The Kier molecular flexibility index (Phi) is 10.9. The van der Waals surface area contributed by atoms with Crippen molar-refractivity contribution in [2.45, 2.75) is 72.0 Å². The first kappa shape index (κ1) is 32.1. The van der Waals surface area contributed by atoms with Gasteiger partial charge < -0.3 is 30.5 Å². The molecule has 1 saturated carbocycles. The van der Waals surface area contributed by atoms with Crippen molar-refractivity contribution in [3.05, 3.63) is 62.1 Å². The maximum absolute atomic E-state index is 13.7. The van der Waals surface area contributed by atoms with Gasteiger partial charge in [0.05, 0.1) is 6.54 Å². The van der Waals surface area contributed by atoms with E-state index in [-0.39, 0.29) is 30.1 Å². The maximum atomic E-state index is 13.7. The van der Waals surface area contributed by atoms with Crippen LogP contribution in [0.3, 0.4) is 0 Å². The molecule has 2 amide bonds. The maximum Gasteiger partial charge on any atom is 0.404 e. The van der Waals surface area contributed by atoms with E-state index in [0.717, 1.165) is 86.5 Å². The number of pyridine rings is 1. The summed E-state index contributed by atoms with van der Waals surface area (Å²) in [7, 11) is 2.13. The summed E-state index contributed by atoms with van der Waals surface area (Å²) in [6.45, 7) is 13.4. The van der Waals surface area contributed by atoms with Gasteiger partial charge in [0, 0.05) is 79.4 Å². The zero-order chi connectivity index (χ0) is 31.1. The quantitative estimate of drug-likeness (QED) is 0.349. The zero-order valence-electron chi connectivity index (χ0n) is 26.2. The fraction of sp³-hybridized carbons (Fsp3) is 0.545. The van der Waals surface area contributed by atoms with Crippen LogP contribution in [0.2, 0.25) is 0 Å². The number of carboxylic acid groups (broad SMARTS) is 1. The second-order valence-corrected chi connectivity index (χ2v) is 11.9. The van der Waals surface area contributed by atoms with Crippen molar-refractivity contribution in [2.75, 3.05) is 51.2 Å². The van der Waals surface area contributed by atoms with Crippen molar-refractivity contribution in [1.29, 1.82) is 0 Å². The van der Waals surface area contributed by atoms with Crippen LogP contribution in [0, 0.1) is 32.6 Å². The molecule has 232 valence electrons. The number of rotatable bonds is 8. The number of piperazine rings is 1. The summed E-state index contributed by atoms with van der Waals surface area (Å²) in [5, 5.41) is 14.8. The highest BCUT2D eigenvalue weighted by Gasteiger charge is 2.28.